The van der Waals surface area contributed by atoms with Crippen molar-refractivity contribution in [1.82, 2.24) is 14.8 Å². The summed E-state index contributed by atoms with van der Waals surface area (Å²) >= 11 is 0. The molecule has 1 aliphatic heterocycles. The number of para-hydroxylation sites is 1. The van der Waals surface area contributed by atoms with Crippen LogP contribution in [0.4, 0.5) is 20.2 Å². The maximum atomic E-state index is 13.9. The molecule has 2 heterocycles. The number of nitrogens with zero attached hydrogens (tertiary/aromatic N) is 4. The van der Waals surface area contributed by atoms with E-state index in [0.717, 1.165) is 36.9 Å². The average molecular weight is 537 g/mol. The van der Waals surface area contributed by atoms with Crippen LogP contribution in [0.3, 0.4) is 0 Å². The lowest BCUT2D eigenvalue weighted by atomic mass is 10.1. The molecule has 0 N–H and O–H groups in total. The minimum Gasteiger partial charge on any atom is -0.484 e. The van der Waals surface area contributed by atoms with Crippen molar-refractivity contribution in [3.05, 3.63) is 78.1 Å². The third-order valence-electron chi connectivity index (χ3n) is 7.33. The molecule has 5 rings (SSSR count). The SMILES string of the molecule is CN1CCN(C(=O)c2ccc(N(Cc3cccnc3)c3ccccc3)c(OC3CCCC3)c2OC(F)F)CC1. The van der Waals surface area contributed by atoms with Crippen LogP contribution >= 0.6 is 0 Å². The molecular weight excluding hydrogens is 502 g/mol. The number of halogens is 2. The van der Waals surface area contributed by atoms with Crippen molar-refractivity contribution in [3.8, 4) is 11.5 Å². The number of aromatic nitrogens is 1. The van der Waals surface area contributed by atoms with E-state index < -0.39 is 6.61 Å². The van der Waals surface area contributed by atoms with Gasteiger partial charge in [-0.3, -0.25) is 9.78 Å². The van der Waals surface area contributed by atoms with Crippen LogP contribution in [0.25, 0.3) is 0 Å². The Balaban J connectivity index is 1.63. The van der Waals surface area contributed by atoms with Crippen molar-refractivity contribution in [3.63, 3.8) is 0 Å². The molecule has 39 heavy (non-hydrogen) atoms. The topological polar surface area (TPSA) is 58.1 Å². The van der Waals surface area contributed by atoms with Gasteiger partial charge in [0.1, 0.15) is 0 Å². The lowest BCUT2D eigenvalue weighted by molar-refractivity contribution is -0.0524. The molecule has 2 fully saturated rings. The summed E-state index contributed by atoms with van der Waals surface area (Å²) in [5.41, 5.74) is 2.43. The number of carbonyl (C=O) groups excluding carboxylic acids is 1. The largest absolute Gasteiger partial charge is 0.484 e. The summed E-state index contributed by atoms with van der Waals surface area (Å²) in [6.07, 6.45) is 6.98. The molecule has 0 unspecified atom stereocenters. The number of rotatable bonds is 9. The normalized spacial score (nSPS) is 16.5. The zero-order chi connectivity index (χ0) is 27.2. The Bertz CT molecular complexity index is 1230. The fourth-order valence-electron chi connectivity index (χ4n) is 5.20. The first kappa shape index (κ1) is 26.9. The molecular formula is C30H34F2N4O3. The second-order valence-electron chi connectivity index (χ2n) is 10.1. The van der Waals surface area contributed by atoms with E-state index in [1.165, 1.54) is 0 Å². The highest BCUT2D eigenvalue weighted by Crippen LogP contribution is 2.46. The fourth-order valence-corrected chi connectivity index (χ4v) is 5.20. The molecule has 1 aromatic heterocycles. The zero-order valence-electron chi connectivity index (χ0n) is 22.1. The summed E-state index contributed by atoms with van der Waals surface area (Å²) < 4.78 is 39.5. The Hall–Kier alpha value is -3.72. The number of pyridine rings is 1. The van der Waals surface area contributed by atoms with Crippen molar-refractivity contribution in [2.24, 2.45) is 0 Å². The summed E-state index contributed by atoms with van der Waals surface area (Å²) in [6.45, 7) is -0.240. The molecule has 0 atom stereocenters. The van der Waals surface area contributed by atoms with Gasteiger partial charge in [-0.25, -0.2) is 0 Å². The summed E-state index contributed by atoms with van der Waals surface area (Å²) in [7, 11) is 2.00. The van der Waals surface area contributed by atoms with Gasteiger partial charge in [-0.05, 0) is 68.6 Å². The van der Waals surface area contributed by atoms with Crippen LogP contribution in [0, 0.1) is 0 Å². The molecule has 1 amide bonds. The highest BCUT2D eigenvalue weighted by Gasteiger charge is 2.32. The molecule has 1 aliphatic carbocycles. The van der Waals surface area contributed by atoms with E-state index in [4.69, 9.17) is 9.47 Å². The van der Waals surface area contributed by atoms with Crippen molar-refractivity contribution in [1.29, 1.82) is 0 Å². The van der Waals surface area contributed by atoms with Crippen LogP contribution in [-0.2, 0) is 6.54 Å². The minimum absolute atomic E-state index is 0.0889. The maximum absolute atomic E-state index is 13.9. The van der Waals surface area contributed by atoms with E-state index in [-0.39, 0.29) is 29.1 Å². The Kier molecular flexibility index (Phi) is 8.56. The molecule has 0 bridgehead atoms. The Morgan fingerprint density at radius 1 is 1.00 bits per heavy atom. The van der Waals surface area contributed by atoms with Crippen LogP contribution < -0.4 is 14.4 Å². The van der Waals surface area contributed by atoms with Crippen LogP contribution in [0.2, 0.25) is 0 Å². The summed E-state index contributed by atoms with van der Waals surface area (Å²) in [6, 6.07) is 16.9. The number of likely N-dealkylation sites (N-methyl/N-ethyl adjacent to an activating group) is 1. The molecule has 1 saturated heterocycles. The standard InChI is InChI=1S/C30H34F2N4O3/c1-34-16-18-35(19-17-34)29(37)25-13-14-26(28(27(25)39-30(31)32)38-24-11-5-6-12-24)36(23-9-3-2-4-10-23)21-22-8-7-15-33-20-22/h2-4,7-10,13-15,20,24,30H,5-6,11-12,16-19,21H2,1H3. The van der Waals surface area contributed by atoms with Gasteiger partial charge in [0, 0.05) is 50.8 Å². The molecule has 9 heteroatoms. The first-order valence-corrected chi connectivity index (χ1v) is 13.5. The van der Waals surface area contributed by atoms with E-state index in [2.05, 4.69) is 9.88 Å². The van der Waals surface area contributed by atoms with E-state index in [0.29, 0.717) is 38.4 Å². The number of carbonyl (C=O) groups is 1. The second kappa shape index (κ2) is 12.4. The molecule has 0 radical (unpaired) electrons. The number of benzene rings is 2. The maximum Gasteiger partial charge on any atom is 0.387 e. The summed E-state index contributed by atoms with van der Waals surface area (Å²) in [5, 5.41) is 0. The summed E-state index contributed by atoms with van der Waals surface area (Å²) in [4.78, 5) is 23.7. The first-order valence-electron chi connectivity index (χ1n) is 13.5. The van der Waals surface area contributed by atoms with Crippen molar-refractivity contribution in [2.75, 3.05) is 38.1 Å². The van der Waals surface area contributed by atoms with Gasteiger partial charge in [-0.15, -0.1) is 0 Å². The van der Waals surface area contributed by atoms with E-state index in [9.17, 15) is 13.6 Å². The first-order chi connectivity index (χ1) is 19.0. The average Bonchev–Trinajstić information content (AvgIpc) is 3.47. The quantitative estimate of drug-likeness (QED) is 0.348. The van der Waals surface area contributed by atoms with Gasteiger partial charge < -0.3 is 24.2 Å². The zero-order valence-corrected chi connectivity index (χ0v) is 22.1. The van der Waals surface area contributed by atoms with Gasteiger partial charge in [-0.1, -0.05) is 24.3 Å². The van der Waals surface area contributed by atoms with Gasteiger partial charge in [0.25, 0.3) is 5.91 Å². The Morgan fingerprint density at radius 3 is 2.41 bits per heavy atom. The highest BCUT2D eigenvalue weighted by molar-refractivity contribution is 5.99. The molecule has 2 aliphatic rings. The van der Waals surface area contributed by atoms with Gasteiger partial charge in [-0.2, -0.15) is 8.78 Å². The molecule has 0 spiro atoms. The van der Waals surface area contributed by atoms with Crippen LogP contribution in [0.5, 0.6) is 11.5 Å². The lowest BCUT2D eigenvalue weighted by Crippen LogP contribution is -2.47. The van der Waals surface area contributed by atoms with Crippen LogP contribution in [0.1, 0.15) is 41.6 Å². The fraction of sp³-hybridized carbons (Fsp3) is 0.400. The van der Waals surface area contributed by atoms with Crippen molar-refractivity contribution in [2.45, 2.75) is 44.9 Å². The minimum atomic E-state index is -3.12. The van der Waals surface area contributed by atoms with Crippen molar-refractivity contribution >= 4 is 17.3 Å². The molecule has 1 saturated carbocycles. The van der Waals surface area contributed by atoms with Crippen molar-refractivity contribution < 1.29 is 23.0 Å². The third-order valence-corrected chi connectivity index (χ3v) is 7.33. The van der Waals surface area contributed by atoms with Crippen LogP contribution in [0.15, 0.2) is 67.0 Å². The second-order valence-corrected chi connectivity index (χ2v) is 10.1. The van der Waals surface area contributed by atoms with E-state index >= 15 is 0 Å². The summed E-state index contributed by atoms with van der Waals surface area (Å²) in [5.74, 6) is -0.361. The molecule has 7 nitrogen and oxygen atoms in total. The van der Waals surface area contributed by atoms with E-state index in [1.54, 1.807) is 29.4 Å². The monoisotopic (exact) mass is 536 g/mol. The Labute approximate surface area is 227 Å². The smallest absolute Gasteiger partial charge is 0.387 e. The number of ether oxygens (including phenoxy) is 2. The highest BCUT2D eigenvalue weighted by atomic mass is 19.3. The van der Waals surface area contributed by atoms with Gasteiger partial charge in [0.05, 0.1) is 17.4 Å². The number of amides is 1. The van der Waals surface area contributed by atoms with Gasteiger partial charge >= 0.3 is 6.61 Å². The third kappa shape index (κ3) is 6.47. The van der Waals surface area contributed by atoms with Gasteiger partial charge in [0.15, 0.2) is 11.5 Å². The number of hydrogen-bond acceptors (Lipinski definition) is 6. The lowest BCUT2D eigenvalue weighted by Gasteiger charge is -2.34. The van der Waals surface area contributed by atoms with E-state index in [1.807, 2.05) is 54.4 Å². The van der Waals surface area contributed by atoms with Crippen LogP contribution in [-0.4, -0.2) is 66.6 Å². The van der Waals surface area contributed by atoms with Gasteiger partial charge in [0.2, 0.25) is 0 Å². The predicted molar refractivity (Wildman–Crippen MR) is 146 cm³/mol. The number of hydrogen-bond donors (Lipinski definition) is 0. The molecule has 2 aromatic carbocycles. The molecule has 206 valence electrons. The molecule has 3 aromatic rings. The number of alkyl halides is 2. The predicted octanol–water partition coefficient (Wildman–Crippen LogP) is 5.73. The Morgan fingerprint density at radius 2 is 1.74 bits per heavy atom. The number of piperazine rings is 1. The number of anilines is 2.